The Morgan fingerprint density at radius 1 is 1.25 bits per heavy atom. The third-order valence-electron chi connectivity index (χ3n) is 3.84. The second kappa shape index (κ2) is 7.02. The van der Waals surface area contributed by atoms with Crippen LogP contribution >= 0.6 is 11.8 Å². The Bertz CT molecular complexity index is 432. The van der Waals surface area contributed by atoms with Gasteiger partial charge in [0.2, 0.25) is 5.95 Å². The van der Waals surface area contributed by atoms with Gasteiger partial charge >= 0.3 is 0 Å². The lowest BCUT2D eigenvalue weighted by atomic mass is 10.1. The number of hydrogen-bond acceptors (Lipinski definition) is 6. The second-order valence-electron chi connectivity index (χ2n) is 5.37. The molecular formula is C14H25N5S. The molecule has 0 radical (unpaired) electrons. The van der Waals surface area contributed by atoms with Crippen molar-refractivity contribution in [2.45, 2.75) is 43.8 Å². The Labute approximate surface area is 125 Å². The van der Waals surface area contributed by atoms with E-state index >= 15 is 0 Å². The van der Waals surface area contributed by atoms with Crippen molar-refractivity contribution < 1.29 is 0 Å². The molecule has 1 aliphatic rings. The Kier molecular flexibility index (Phi) is 5.34. The van der Waals surface area contributed by atoms with Gasteiger partial charge < -0.3 is 16.4 Å². The van der Waals surface area contributed by atoms with Gasteiger partial charge in [0.05, 0.1) is 0 Å². The number of nitrogens with one attached hydrogen (secondary N) is 2. The van der Waals surface area contributed by atoms with Gasteiger partial charge in [-0.3, -0.25) is 0 Å². The molecule has 0 unspecified atom stereocenters. The van der Waals surface area contributed by atoms with E-state index in [-0.39, 0.29) is 0 Å². The van der Waals surface area contributed by atoms with E-state index in [1.54, 1.807) is 0 Å². The highest BCUT2D eigenvalue weighted by Crippen LogP contribution is 2.40. The van der Waals surface area contributed by atoms with Gasteiger partial charge in [0, 0.05) is 23.9 Å². The first-order chi connectivity index (χ1) is 9.67. The maximum atomic E-state index is 5.77. The normalized spacial score (nSPS) is 17.1. The molecule has 1 aromatic rings. The first kappa shape index (κ1) is 15.2. The van der Waals surface area contributed by atoms with Crippen LogP contribution in [0.1, 0.15) is 39.0 Å². The molecule has 0 atom stereocenters. The summed E-state index contributed by atoms with van der Waals surface area (Å²) in [5, 5.41) is 6.69. The summed E-state index contributed by atoms with van der Waals surface area (Å²) >= 11 is 1.97. The number of anilines is 3. The number of rotatable bonds is 7. The van der Waals surface area contributed by atoms with Crippen molar-refractivity contribution in [1.29, 1.82) is 0 Å². The minimum atomic E-state index is 0.318. The van der Waals surface area contributed by atoms with Crippen LogP contribution in [0, 0.1) is 0 Å². The van der Waals surface area contributed by atoms with Crippen LogP contribution in [0.4, 0.5) is 17.6 Å². The van der Waals surface area contributed by atoms with Crippen molar-refractivity contribution in [3.63, 3.8) is 0 Å². The Balaban J connectivity index is 1.99. The third-order valence-corrected chi connectivity index (χ3v) is 5.26. The minimum absolute atomic E-state index is 0.318. The zero-order valence-corrected chi connectivity index (χ0v) is 13.2. The van der Waals surface area contributed by atoms with E-state index < -0.39 is 0 Å². The number of aromatic nitrogens is 2. The molecule has 20 heavy (non-hydrogen) atoms. The largest absolute Gasteiger partial charge is 0.370 e. The zero-order chi connectivity index (χ0) is 14.4. The Morgan fingerprint density at radius 3 is 2.50 bits per heavy atom. The van der Waals surface area contributed by atoms with Crippen molar-refractivity contribution in [2.75, 3.05) is 35.7 Å². The topological polar surface area (TPSA) is 75.9 Å². The van der Waals surface area contributed by atoms with Crippen LogP contribution in [0.5, 0.6) is 0 Å². The summed E-state index contributed by atoms with van der Waals surface area (Å²) in [5.74, 6) is 1.93. The van der Waals surface area contributed by atoms with Gasteiger partial charge in [0.15, 0.2) is 0 Å². The fraction of sp³-hybridized carbons (Fsp3) is 0.714. The molecule has 5 nitrogen and oxygen atoms in total. The number of nitrogen functional groups attached to an aromatic ring is 1. The molecule has 1 aromatic heterocycles. The zero-order valence-electron chi connectivity index (χ0n) is 12.4. The number of nitrogens with zero attached hydrogens (tertiary/aromatic N) is 2. The van der Waals surface area contributed by atoms with Crippen molar-refractivity contribution in [1.82, 2.24) is 9.97 Å². The van der Waals surface area contributed by atoms with Gasteiger partial charge in [-0.1, -0.05) is 19.8 Å². The molecule has 0 spiro atoms. The Hall–Kier alpha value is -1.17. The average Bonchev–Trinajstić information content (AvgIpc) is 2.92. The van der Waals surface area contributed by atoms with Crippen LogP contribution in [-0.2, 0) is 0 Å². The van der Waals surface area contributed by atoms with E-state index in [1.165, 1.54) is 25.7 Å². The van der Waals surface area contributed by atoms with Crippen LogP contribution < -0.4 is 16.4 Å². The highest BCUT2D eigenvalue weighted by molar-refractivity contribution is 8.00. The molecule has 1 heterocycles. The first-order valence-corrected chi connectivity index (χ1v) is 8.57. The first-order valence-electron chi connectivity index (χ1n) is 7.35. The highest BCUT2D eigenvalue weighted by atomic mass is 32.2. The summed E-state index contributed by atoms with van der Waals surface area (Å²) in [5.41, 5.74) is 5.77. The van der Waals surface area contributed by atoms with E-state index in [2.05, 4.69) is 33.8 Å². The molecule has 0 aromatic carbocycles. The molecule has 0 amide bonds. The van der Waals surface area contributed by atoms with Gasteiger partial charge in [0.25, 0.3) is 0 Å². The molecule has 1 aliphatic carbocycles. The lowest BCUT2D eigenvalue weighted by Gasteiger charge is -2.27. The summed E-state index contributed by atoms with van der Waals surface area (Å²) in [6.07, 6.45) is 8.48. The minimum Gasteiger partial charge on any atom is -0.370 e. The molecule has 1 fully saturated rings. The summed E-state index contributed by atoms with van der Waals surface area (Å²) in [4.78, 5) is 8.47. The van der Waals surface area contributed by atoms with Crippen LogP contribution in [0.2, 0.25) is 0 Å². The molecule has 2 rings (SSSR count). The van der Waals surface area contributed by atoms with Crippen LogP contribution in [0.15, 0.2) is 6.07 Å². The lowest BCUT2D eigenvalue weighted by Crippen LogP contribution is -2.30. The van der Waals surface area contributed by atoms with E-state index in [9.17, 15) is 0 Å². The number of nitrogens with two attached hydrogens (primary N) is 1. The van der Waals surface area contributed by atoms with E-state index in [0.29, 0.717) is 10.7 Å². The third kappa shape index (κ3) is 3.91. The molecule has 0 aliphatic heterocycles. The molecule has 0 saturated heterocycles. The van der Waals surface area contributed by atoms with E-state index in [1.807, 2.05) is 17.8 Å². The van der Waals surface area contributed by atoms with E-state index in [0.717, 1.165) is 31.1 Å². The molecule has 0 bridgehead atoms. The lowest BCUT2D eigenvalue weighted by molar-refractivity contribution is 0.638. The van der Waals surface area contributed by atoms with Crippen molar-refractivity contribution in [2.24, 2.45) is 0 Å². The standard InChI is InChI=1S/C14H25N5S/c1-3-8-16-11-9-12(19-13(15)18-11)17-10-14(20-2)6-4-5-7-14/h9H,3-8,10H2,1-2H3,(H4,15,16,17,18,19). The Morgan fingerprint density at radius 2 is 1.90 bits per heavy atom. The van der Waals surface area contributed by atoms with Gasteiger partial charge in [-0.2, -0.15) is 21.7 Å². The summed E-state index contributed by atoms with van der Waals surface area (Å²) in [6, 6.07) is 1.94. The smallest absolute Gasteiger partial charge is 0.223 e. The summed E-state index contributed by atoms with van der Waals surface area (Å²) in [6.45, 7) is 3.96. The van der Waals surface area contributed by atoms with E-state index in [4.69, 9.17) is 5.73 Å². The monoisotopic (exact) mass is 295 g/mol. The second-order valence-corrected chi connectivity index (χ2v) is 6.65. The van der Waals surface area contributed by atoms with Gasteiger partial charge in [-0.25, -0.2) is 0 Å². The van der Waals surface area contributed by atoms with Gasteiger partial charge in [0.1, 0.15) is 11.6 Å². The molecule has 112 valence electrons. The maximum Gasteiger partial charge on any atom is 0.223 e. The number of hydrogen-bond donors (Lipinski definition) is 3. The van der Waals surface area contributed by atoms with Crippen molar-refractivity contribution in [3.8, 4) is 0 Å². The van der Waals surface area contributed by atoms with Crippen molar-refractivity contribution >= 4 is 29.3 Å². The SMILES string of the molecule is CCCNc1cc(NCC2(SC)CCCC2)nc(N)n1. The number of thioether (sulfide) groups is 1. The van der Waals surface area contributed by atoms with Crippen LogP contribution in [-0.4, -0.2) is 34.1 Å². The summed E-state index contributed by atoms with van der Waals surface area (Å²) < 4.78 is 0.358. The predicted octanol–water partition coefficient (Wildman–Crippen LogP) is 2.97. The molecule has 6 heteroatoms. The predicted molar refractivity (Wildman–Crippen MR) is 88.4 cm³/mol. The molecular weight excluding hydrogens is 270 g/mol. The quantitative estimate of drug-likeness (QED) is 0.718. The fourth-order valence-electron chi connectivity index (χ4n) is 2.62. The average molecular weight is 295 g/mol. The molecule has 4 N–H and O–H groups in total. The molecule has 1 saturated carbocycles. The highest BCUT2D eigenvalue weighted by Gasteiger charge is 2.32. The fourth-order valence-corrected chi connectivity index (χ4v) is 3.54. The maximum absolute atomic E-state index is 5.77. The van der Waals surface area contributed by atoms with Gasteiger partial charge in [-0.05, 0) is 25.5 Å². The van der Waals surface area contributed by atoms with Crippen LogP contribution in [0.3, 0.4) is 0 Å². The van der Waals surface area contributed by atoms with Gasteiger partial charge in [-0.15, -0.1) is 0 Å². The van der Waals surface area contributed by atoms with Crippen LogP contribution in [0.25, 0.3) is 0 Å². The summed E-state index contributed by atoms with van der Waals surface area (Å²) in [7, 11) is 0. The van der Waals surface area contributed by atoms with Crippen molar-refractivity contribution in [3.05, 3.63) is 6.07 Å².